The molecule has 19 heavy (non-hydrogen) atoms. The Kier molecular flexibility index (Phi) is 6.52. The third-order valence-electron chi connectivity index (χ3n) is 3.26. The van der Waals surface area contributed by atoms with E-state index in [4.69, 9.17) is 4.74 Å². The average molecular weight is 268 g/mol. The number of aromatic nitrogens is 2. The van der Waals surface area contributed by atoms with Gasteiger partial charge in [-0.25, -0.2) is 9.78 Å². The molecule has 1 N–H and O–H groups in total. The van der Waals surface area contributed by atoms with E-state index in [9.17, 15) is 4.79 Å². The molecule has 0 aromatic carbocycles. The topological polar surface area (TPSA) is 59.4 Å². The molecule has 0 amide bonds. The van der Waals surface area contributed by atoms with Crippen molar-refractivity contribution in [1.29, 1.82) is 0 Å². The minimum Gasteiger partial charge on any atom is -0.468 e. The molecule has 6 nitrogen and oxygen atoms in total. The second-order valence-electron chi connectivity index (χ2n) is 4.37. The highest BCUT2D eigenvalue weighted by atomic mass is 16.5. The number of rotatable bonds is 8. The number of nitrogens with zero attached hydrogens (tertiary/aromatic N) is 3. The number of nitrogens with one attached hydrogen (secondary N) is 1. The Bertz CT molecular complexity index is 388. The van der Waals surface area contributed by atoms with Crippen molar-refractivity contribution in [1.82, 2.24) is 19.8 Å². The number of likely N-dealkylation sites (N-methyl/N-ethyl adjacent to an activating group) is 1. The molecule has 1 atom stereocenters. The Labute approximate surface area is 114 Å². The van der Waals surface area contributed by atoms with Crippen LogP contribution in [-0.2, 0) is 16.6 Å². The van der Waals surface area contributed by atoms with Crippen molar-refractivity contribution in [3.63, 3.8) is 0 Å². The van der Waals surface area contributed by atoms with Crippen LogP contribution in [0.25, 0.3) is 0 Å². The lowest BCUT2D eigenvalue weighted by molar-refractivity contribution is -0.143. The molecule has 0 spiro atoms. The summed E-state index contributed by atoms with van der Waals surface area (Å²) in [5, 5.41) is 3.24. The van der Waals surface area contributed by atoms with Gasteiger partial charge in [-0.05, 0) is 13.1 Å². The molecule has 0 aliphatic carbocycles. The van der Waals surface area contributed by atoms with Crippen LogP contribution < -0.4 is 5.32 Å². The third kappa shape index (κ3) is 4.33. The van der Waals surface area contributed by atoms with E-state index >= 15 is 0 Å². The smallest absolute Gasteiger partial charge is 0.329 e. The molecule has 0 aliphatic heterocycles. The lowest BCUT2D eigenvalue weighted by Gasteiger charge is -2.21. The largest absolute Gasteiger partial charge is 0.468 e. The number of carbonyl (C=O) groups excluding carboxylic acids is 1. The van der Waals surface area contributed by atoms with Crippen molar-refractivity contribution in [2.75, 3.05) is 33.3 Å². The summed E-state index contributed by atoms with van der Waals surface area (Å²) < 4.78 is 6.67. The van der Waals surface area contributed by atoms with E-state index < -0.39 is 6.04 Å². The lowest BCUT2D eigenvalue weighted by Crippen LogP contribution is -2.37. The molecule has 0 fully saturated rings. The highest BCUT2D eigenvalue weighted by molar-refractivity contribution is 5.76. The maximum Gasteiger partial charge on any atom is 0.329 e. The van der Waals surface area contributed by atoms with Gasteiger partial charge in [0.2, 0.25) is 0 Å². The molecule has 1 rings (SSSR count). The second kappa shape index (κ2) is 7.91. The zero-order chi connectivity index (χ0) is 14.3. The maximum absolute atomic E-state index is 11.8. The van der Waals surface area contributed by atoms with Crippen LogP contribution in [0.3, 0.4) is 0 Å². The first-order chi connectivity index (χ1) is 9.13. The van der Waals surface area contributed by atoms with E-state index in [1.165, 1.54) is 7.11 Å². The van der Waals surface area contributed by atoms with E-state index in [2.05, 4.69) is 29.0 Å². The van der Waals surface area contributed by atoms with Crippen LogP contribution in [0.1, 0.15) is 25.6 Å². The molecular weight excluding hydrogens is 244 g/mol. The number of esters is 1. The summed E-state index contributed by atoms with van der Waals surface area (Å²) in [5.41, 5.74) is 0.811. The molecule has 1 heterocycles. The molecule has 0 saturated heterocycles. The van der Waals surface area contributed by atoms with Crippen molar-refractivity contribution >= 4 is 5.97 Å². The van der Waals surface area contributed by atoms with Crippen molar-refractivity contribution < 1.29 is 9.53 Å². The molecule has 1 aromatic rings. The van der Waals surface area contributed by atoms with Gasteiger partial charge in [-0.3, -0.25) is 5.32 Å². The summed E-state index contributed by atoms with van der Waals surface area (Å²) in [6, 6.07) is -0.465. The van der Waals surface area contributed by atoms with E-state index in [-0.39, 0.29) is 5.97 Å². The van der Waals surface area contributed by atoms with Gasteiger partial charge < -0.3 is 14.2 Å². The molecule has 0 aliphatic rings. The first-order valence-corrected chi connectivity index (χ1v) is 6.63. The van der Waals surface area contributed by atoms with Gasteiger partial charge in [0.25, 0.3) is 0 Å². The summed E-state index contributed by atoms with van der Waals surface area (Å²) in [7, 11) is 3.27. The van der Waals surface area contributed by atoms with Crippen LogP contribution in [0, 0.1) is 0 Å². The lowest BCUT2D eigenvalue weighted by atomic mass is 10.2. The predicted octanol–water partition coefficient (Wildman–Crippen LogP) is 0.566. The Morgan fingerprint density at radius 2 is 2.21 bits per heavy atom. The third-order valence-corrected chi connectivity index (χ3v) is 3.26. The maximum atomic E-state index is 11.8. The summed E-state index contributed by atoms with van der Waals surface area (Å²) in [4.78, 5) is 18.2. The average Bonchev–Trinajstić information content (AvgIpc) is 2.84. The molecule has 108 valence electrons. The number of carbonyl (C=O) groups is 1. The Morgan fingerprint density at radius 3 is 2.68 bits per heavy atom. The molecule has 0 radical (unpaired) electrons. The predicted molar refractivity (Wildman–Crippen MR) is 73.8 cm³/mol. The number of hydrogen-bond acceptors (Lipinski definition) is 5. The number of aryl methyl sites for hydroxylation is 1. The van der Waals surface area contributed by atoms with E-state index in [0.717, 1.165) is 31.9 Å². The SMILES string of the molecule is CCN(CC)CCNC(C(=O)OC)c1cncn1C. The van der Waals surface area contributed by atoms with Crippen LogP contribution in [0.2, 0.25) is 0 Å². The normalized spacial score (nSPS) is 12.7. The highest BCUT2D eigenvalue weighted by Gasteiger charge is 2.23. The van der Waals surface area contributed by atoms with Crippen LogP contribution in [0.4, 0.5) is 0 Å². The molecule has 6 heteroatoms. The van der Waals surface area contributed by atoms with Gasteiger partial charge in [-0.1, -0.05) is 13.8 Å². The fraction of sp³-hybridized carbons (Fsp3) is 0.692. The first-order valence-electron chi connectivity index (χ1n) is 6.63. The van der Waals surface area contributed by atoms with E-state index in [1.54, 1.807) is 12.5 Å². The van der Waals surface area contributed by atoms with Crippen LogP contribution in [0.5, 0.6) is 0 Å². The van der Waals surface area contributed by atoms with Gasteiger partial charge in [0.15, 0.2) is 0 Å². The number of imidazole rings is 1. The summed E-state index contributed by atoms with van der Waals surface area (Å²) in [6.45, 7) is 7.90. The van der Waals surface area contributed by atoms with Gasteiger partial charge in [0, 0.05) is 20.1 Å². The number of ether oxygens (including phenoxy) is 1. The van der Waals surface area contributed by atoms with Crippen LogP contribution in [0.15, 0.2) is 12.5 Å². The fourth-order valence-electron chi connectivity index (χ4n) is 1.98. The zero-order valence-corrected chi connectivity index (χ0v) is 12.2. The van der Waals surface area contributed by atoms with E-state index in [1.807, 2.05) is 11.6 Å². The highest BCUT2D eigenvalue weighted by Crippen LogP contribution is 2.12. The fourth-order valence-corrected chi connectivity index (χ4v) is 1.98. The van der Waals surface area contributed by atoms with Crippen LogP contribution >= 0.6 is 0 Å². The molecule has 1 aromatic heterocycles. The van der Waals surface area contributed by atoms with Gasteiger partial charge in [-0.15, -0.1) is 0 Å². The second-order valence-corrected chi connectivity index (χ2v) is 4.37. The van der Waals surface area contributed by atoms with Crippen molar-refractivity contribution in [3.8, 4) is 0 Å². The molecule has 0 bridgehead atoms. The quantitative estimate of drug-likeness (QED) is 0.698. The summed E-state index contributed by atoms with van der Waals surface area (Å²) in [5.74, 6) is -0.289. The molecule has 0 saturated carbocycles. The summed E-state index contributed by atoms with van der Waals surface area (Å²) in [6.07, 6.45) is 3.36. The minimum atomic E-state index is -0.465. The van der Waals surface area contributed by atoms with Gasteiger partial charge >= 0.3 is 5.97 Å². The van der Waals surface area contributed by atoms with E-state index in [0.29, 0.717) is 0 Å². The Morgan fingerprint density at radius 1 is 1.53 bits per heavy atom. The van der Waals surface area contributed by atoms with Gasteiger partial charge in [0.05, 0.1) is 25.3 Å². The summed E-state index contributed by atoms with van der Waals surface area (Å²) >= 11 is 0. The van der Waals surface area contributed by atoms with Crippen molar-refractivity contribution in [2.45, 2.75) is 19.9 Å². The Balaban J connectivity index is 2.62. The standard InChI is InChI=1S/C13H24N4O2/c1-5-17(6-2)8-7-15-12(13(18)19-4)11-9-14-10-16(11)3/h9-10,12,15H,5-8H2,1-4H3. The minimum absolute atomic E-state index is 0.289. The van der Waals surface area contributed by atoms with Gasteiger partial charge in [-0.2, -0.15) is 0 Å². The molecular formula is C13H24N4O2. The Hall–Kier alpha value is -1.40. The van der Waals surface area contributed by atoms with Gasteiger partial charge in [0.1, 0.15) is 6.04 Å². The number of methoxy groups -OCH3 is 1. The monoisotopic (exact) mass is 268 g/mol. The van der Waals surface area contributed by atoms with Crippen molar-refractivity contribution in [3.05, 3.63) is 18.2 Å². The number of hydrogen-bond donors (Lipinski definition) is 1. The molecule has 1 unspecified atom stereocenters. The van der Waals surface area contributed by atoms with Crippen molar-refractivity contribution in [2.24, 2.45) is 7.05 Å². The zero-order valence-electron chi connectivity index (χ0n) is 12.2. The first kappa shape index (κ1) is 15.7. The van der Waals surface area contributed by atoms with Crippen LogP contribution in [-0.4, -0.2) is 53.7 Å².